The summed E-state index contributed by atoms with van der Waals surface area (Å²) in [6, 6.07) is 9.48. The van der Waals surface area contributed by atoms with Crippen molar-refractivity contribution in [2.45, 2.75) is 44.8 Å². The van der Waals surface area contributed by atoms with E-state index in [9.17, 15) is 0 Å². The highest BCUT2D eigenvalue weighted by molar-refractivity contribution is 7.08. The Balaban J connectivity index is 1.77. The minimum Gasteiger partial charge on any atom is -0.378 e. The topological polar surface area (TPSA) is 21.3 Å². The van der Waals surface area contributed by atoms with Crippen LogP contribution in [0.3, 0.4) is 0 Å². The van der Waals surface area contributed by atoms with Crippen molar-refractivity contribution in [3.05, 3.63) is 51.7 Å². The zero-order valence-corrected chi connectivity index (χ0v) is 14.2. The van der Waals surface area contributed by atoms with Gasteiger partial charge in [-0.25, -0.2) is 0 Å². The first-order chi connectivity index (χ1) is 10.5. The third kappa shape index (κ3) is 2.27. The number of fused-ring (bicyclic) bond motifs is 3. The van der Waals surface area contributed by atoms with E-state index in [2.05, 4.69) is 61.1 Å². The van der Waals surface area contributed by atoms with Crippen LogP contribution in [0.15, 0.2) is 35.0 Å². The third-order valence-corrected chi connectivity index (χ3v) is 5.70. The molecular formula is C19H23NOS. The largest absolute Gasteiger partial charge is 0.378 e. The van der Waals surface area contributed by atoms with E-state index in [0.29, 0.717) is 12.0 Å². The van der Waals surface area contributed by atoms with E-state index in [-0.39, 0.29) is 11.5 Å². The fourth-order valence-corrected chi connectivity index (χ4v) is 4.42. The number of nitrogens with one attached hydrogen (secondary N) is 1. The summed E-state index contributed by atoms with van der Waals surface area (Å²) in [5, 5.41) is 8.21. The SMILES string of the molecule is CC(C)(C)c1ccc2c(c1)[C@H]1OCC[C@H]1[C@H](c1ccsc1)N2. The van der Waals surface area contributed by atoms with Gasteiger partial charge in [-0.05, 0) is 45.9 Å². The summed E-state index contributed by atoms with van der Waals surface area (Å²) in [4.78, 5) is 0. The summed E-state index contributed by atoms with van der Waals surface area (Å²) < 4.78 is 6.14. The van der Waals surface area contributed by atoms with Gasteiger partial charge in [0.15, 0.2) is 0 Å². The van der Waals surface area contributed by atoms with Crippen LogP contribution in [-0.2, 0) is 10.2 Å². The normalized spacial score (nSPS) is 27.1. The molecule has 2 aromatic rings. The quantitative estimate of drug-likeness (QED) is 0.772. The molecule has 0 unspecified atom stereocenters. The van der Waals surface area contributed by atoms with Crippen molar-refractivity contribution in [3.63, 3.8) is 0 Å². The molecule has 0 radical (unpaired) electrons. The van der Waals surface area contributed by atoms with E-state index in [1.54, 1.807) is 11.3 Å². The highest BCUT2D eigenvalue weighted by atomic mass is 32.1. The smallest absolute Gasteiger partial charge is 0.0896 e. The summed E-state index contributed by atoms with van der Waals surface area (Å²) in [6.45, 7) is 7.68. The van der Waals surface area contributed by atoms with Crippen LogP contribution in [0.25, 0.3) is 0 Å². The Morgan fingerprint density at radius 2 is 2.09 bits per heavy atom. The van der Waals surface area contributed by atoms with Gasteiger partial charge in [0.25, 0.3) is 0 Å². The first-order valence-corrected chi connectivity index (χ1v) is 9.03. The second-order valence-corrected chi connectivity index (χ2v) is 8.25. The highest BCUT2D eigenvalue weighted by Crippen LogP contribution is 2.50. The maximum atomic E-state index is 6.14. The van der Waals surface area contributed by atoms with Crippen molar-refractivity contribution < 1.29 is 4.74 Å². The fraction of sp³-hybridized carbons (Fsp3) is 0.474. The van der Waals surface area contributed by atoms with E-state index in [1.165, 1.54) is 22.4 Å². The Bertz CT molecular complexity index is 671. The molecule has 3 heterocycles. The fourth-order valence-electron chi connectivity index (χ4n) is 3.72. The minimum absolute atomic E-state index is 0.174. The molecule has 3 heteroatoms. The van der Waals surface area contributed by atoms with Gasteiger partial charge in [-0.15, -0.1) is 0 Å². The van der Waals surface area contributed by atoms with Crippen molar-refractivity contribution in [3.8, 4) is 0 Å². The molecule has 116 valence electrons. The van der Waals surface area contributed by atoms with Crippen LogP contribution in [0.5, 0.6) is 0 Å². The van der Waals surface area contributed by atoms with E-state index in [4.69, 9.17) is 4.74 Å². The maximum absolute atomic E-state index is 6.14. The van der Waals surface area contributed by atoms with Crippen molar-refractivity contribution in [2.24, 2.45) is 5.92 Å². The standard InChI is InChI=1S/C19H23NOS/c1-19(2,3)13-4-5-16-15(10-13)18-14(6-8-21-18)17(20-16)12-7-9-22-11-12/h4-5,7,9-11,14,17-18,20H,6,8H2,1-3H3/t14-,17-,18-/m0/s1. The Morgan fingerprint density at radius 3 is 2.82 bits per heavy atom. The molecule has 0 aliphatic carbocycles. The van der Waals surface area contributed by atoms with Gasteiger partial charge in [0, 0.05) is 23.8 Å². The summed E-state index contributed by atoms with van der Waals surface area (Å²) in [5.74, 6) is 0.539. The van der Waals surface area contributed by atoms with E-state index >= 15 is 0 Å². The first kappa shape index (κ1) is 14.3. The first-order valence-electron chi connectivity index (χ1n) is 8.09. The minimum atomic E-state index is 0.174. The van der Waals surface area contributed by atoms with Gasteiger partial charge < -0.3 is 10.1 Å². The molecule has 0 bridgehead atoms. The average Bonchev–Trinajstić information content (AvgIpc) is 3.16. The molecule has 0 spiro atoms. The zero-order chi connectivity index (χ0) is 15.3. The molecule has 22 heavy (non-hydrogen) atoms. The lowest BCUT2D eigenvalue weighted by Crippen LogP contribution is -2.29. The zero-order valence-electron chi connectivity index (χ0n) is 13.4. The van der Waals surface area contributed by atoms with Crippen LogP contribution in [0, 0.1) is 5.92 Å². The molecule has 1 N–H and O–H groups in total. The third-order valence-electron chi connectivity index (χ3n) is 5.00. The van der Waals surface area contributed by atoms with Gasteiger partial charge in [-0.1, -0.05) is 32.9 Å². The molecular weight excluding hydrogens is 290 g/mol. The van der Waals surface area contributed by atoms with Crippen molar-refractivity contribution in [1.29, 1.82) is 0 Å². The van der Waals surface area contributed by atoms with E-state index < -0.39 is 0 Å². The highest BCUT2D eigenvalue weighted by Gasteiger charge is 2.41. The number of ether oxygens (including phenoxy) is 1. The molecule has 3 atom stereocenters. The molecule has 2 aliphatic heterocycles. The maximum Gasteiger partial charge on any atom is 0.0896 e. The molecule has 1 fully saturated rings. The van der Waals surface area contributed by atoms with Crippen LogP contribution < -0.4 is 5.32 Å². The van der Waals surface area contributed by atoms with Gasteiger partial charge in [0.1, 0.15) is 0 Å². The summed E-state index contributed by atoms with van der Waals surface area (Å²) in [7, 11) is 0. The molecule has 4 rings (SSSR count). The summed E-state index contributed by atoms with van der Waals surface area (Å²) >= 11 is 1.77. The number of hydrogen-bond acceptors (Lipinski definition) is 3. The number of hydrogen-bond donors (Lipinski definition) is 1. The molecule has 2 nitrogen and oxygen atoms in total. The molecule has 2 aliphatic rings. The summed E-state index contributed by atoms with van der Waals surface area (Å²) in [5.41, 5.74) is 5.55. The summed E-state index contributed by atoms with van der Waals surface area (Å²) in [6.07, 6.45) is 1.38. The van der Waals surface area contributed by atoms with Gasteiger partial charge in [-0.3, -0.25) is 0 Å². The monoisotopic (exact) mass is 313 g/mol. The van der Waals surface area contributed by atoms with Gasteiger partial charge in [-0.2, -0.15) is 11.3 Å². The molecule has 0 saturated carbocycles. The predicted molar refractivity (Wildman–Crippen MR) is 92.6 cm³/mol. The van der Waals surface area contributed by atoms with Crippen LogP contribution in [0.1, 0.15) is 56.0 Å². The van der Waals surface area contributed by atoms with Crippen LogP contribution in [0.2, 0.25) is 0 Å². The van der Waals surface area contributed by atoms with Crippen LogP contribution in [-0.4, -0.2) is 6.61 Å². The molecule has 1 aromatic heterocycles. The predicted octanol–water partition coefficient (Wildman–Crippen LogP) is 5.29. The molecule has 0 amide bonds. The van der Waals surface area contributed by atoms with Crippen LogP contribution >= 0.6 is 11.3 Å². The van der Waals surface area contributed by atoms with Gasteiger partial charge >= 0.3 is 0 Å². The lowest BCUT2D eigenvalue weighted by molar-refractivity contribution is 0.0828. The molecule has 1 aromatic carbocycles. The van der Waals surface area contributed by atoms with Gasteiger partial charge in [0.05, 0.1) is 12.1 Å². The van der Waals surface area contributed by atoms with Gasteiger partial charge in [0.2, 0.25) is 0 Å². The average molecular weight is 313 g/mol. The number of rotatable bonds is 1. The van der Waals surface area contributed by atoms with Crippen molar-refractivity contribution >= 4 is 17.0 Å². The Hall–Kier alpha value is -1.32. The molecule has 1 saturated heterocycles. The lowest BCUT2D eigenvalue weighted by atomic mass is 9.79. The Labute approximate surface area is 136 Å². The second-order valence-electron chi connectivity index (χ2n) is 7.47. The van der Waals surface area contributed by atoms with Crippen molar-refractivity contribution in [1.82, 2.24) is 0 Å². The van der Waals surface area contributed by atoms with E-state index in [0.717, 1.165) is 13.0 Å². The number of anilines is 1. The number of thiophene rings is 1. The lowest BCUT2D eigenvalue weighted by Gasteiger charge is -2.37. The van der Waals surface area contributed by atoms with Crippen molar-refractivity contribution in [2.75, 3.05) is 11.9 Å². The number of benzene rings is 1. The second kappa shape index (κ2) is 5.10. The Kier molecular flexibility index (Phi) is 3.31. The Morgan fingerprint density at radius 1 is 1.23 bits per heavy atom. The van der Waals surface area contributed by atoms with E-state index in [1.807, 2.05) is 0 Å². The van der Waals surface area contributed by atoms with Crippen LogP contribution in [0.4, 0.5) is 5.69 Å².